The Balaban J connectivity index is 5.08. The molecule has 72 valence electrons. The van der Waals surface area contributed by atoms with Crippen molar-refractivity contribution in [3.8, 4) is 0 Å². The van der Waals surface area contributed by atoms with E-state index in [2.05, 4.69) is 13.2 Å². The zero-order chi connectivity index (χ0) is 10.6. The molecule has 0 saturated carbocycles. The van der Waals surface area contributed by atoms with Crippen molar-refractivity contribution in [2.45, 2.75) is 27.7 Å². The van der Waals surface area contributed by atoms with Crippen LogP contribution in [0, 0.1) is 0 Å². The molecule has 0 rings (SSSR count). The second kappa shape index (κ2) is 4.80. The lowest BCUT2D eigenvalue weighted by atomic mass is 10.0. The highest BCUT2D eigenvalue weighted by Gasteiger charge is 2.01. The number of hydrogen-bond acceptors (Lipinski definition) is 0. The molecule has 0 fully saturated rings. The molecule has 0 aliphatic rings. The van der Waals surface area contributed by atoms with E-state index in [-0.39, 0.29) is 5.83 Å². The number of allylic oxidation sites excluding steroid dienone is 6. The quantitative estimate of drug-likeness (QED) is 0.567. The third-order valence-electron chi connectivity index (χ3n) is 1.67. The number of rotatable bonds is 3. The standard InChI is InChI=1S/C12H17F/c1-8(2)11(9(3)4)7-12(13)10(5)6/h7H,1,3H2,2,4-6H3. The zero-order valence-corrected chi connectivity index (χ0v) is 8.87. The largest absolute Gasteiger partial charge is 0.207 e. The van der Waals surface area contributed by atoms with Crippen LogP contribution in [0.15, 0.2) is 47.4 Å². The first-order valence-electron chi connectivity index (χ1n) is 4.22. The van der Waals surface area contributed by atoms with Crippen LogP contribution in [-0.2, 0) is 0 Å². The Morgan fingerprint density at radius 3 is 1.62 bits per heavy atom. The van der Waals surface area contributed by atoms with Crippen molar-refractivity contribution in [3.05, 3.63) is 47.4 Å². The summed E-state index contributed by atoms with van der Waals surface area (Å²) in [6, 6.07) is 0. The summed E-state index contributed by atoms with van der Waals surface area (Å²) in [5, 5.41) is 0. The molecule has 0 atom stereocenters. The van der Waals surface area contributed by atoms with Crippen molar-refractivity contribution in [3.63, 3.8) is 0 Å². The highest BCUT2D eigenvalue weighted by Crippen LogP contribution is 2.19. The van der Waals surface area contributed by atoms with Crippen LogP contribution in [-0.4, -0.2) is 0 Å². The number of halogens is 1. The van der Waals surface area contributed by atoms with Crippen LogP contribution >= 0.6 is 0 Å². The minimum Gasteiger partial charge on any atom is -0.207 e. The molecule has 0 heterocycles. The molecule has 0 bridgehead atoms. The van der Waals surface area contributed by atoms with Gasteiger partial charge in [0, 0.05) is 0 Å². The molecule has 0 aromatic rings. The molecule has 0 saturated heterocycles. The summed E-state index contributed by atoms with van der Waals surface area (Å²) in [5.41, 5.74) is 3.13. The van der Waals surface area contributed by atoms with Crippen LogP contribution in [0.1, 0.15) is 27.7 Å². The second-order valence-electron chi connectivity index (χ2n) is 3.47. The Kier molecular flexibility index (Phi) is 4.39. The Hall–Kier alpha value is -1.11. The zero-order valence-electron chi connectivity index (χ0n) is 8.87. The SMILES string of the molecule is C=C(C)C(=CC(F)=C(C)C)C(=C)C. The van der Waals surface area contributed by atoms with Gasteiger partial charge in [-0.25, -0.2) is 4.39 Å². The van der Waals surface area contributed by atoms with Crippen LogP contribution in [0.3, 0.4) is 0 Å². The summed E-state index contributed by atoms with van der Waals surface area (Å²) in [5.74, 6) is -0.207. The third kappa shape index (κ3) is 3.88. The van der Waals surface area contributed by atoms with E-state index in [9.17, 15) is 4.39 Å². The molecule has 0 unspecified atom stereocenters. The molecule has 0 aliphatic carbocycles. The molecular formula is C12H17F. The van der Waals surface area contributed by atoms with Gasteiger partial charge in [-0.3, -0.25) is 0 Å². The maximum absolute atomic E-state index is 13.2. The lowest BCUT2D eigenvalue weighted by molar-refractivity contribution is 0.653. The first-order chi connectivity index (χ1) is 5.86. The number of hydrogen-bond donors (Lipinski definition) is 0. The Morgan fingerprint density at radius 1 is 1.00 bits per heavy atom. The molecule has 0 spiro atoms. The van der Waals surface area contributed by atoms with Crippen molar-refractivity contribution in [2.24, 2.45) is 0 Å². The first kappa shape index (κ1) is 11.9. The van der Waals surface area contributed by atoms with Gasteiger partial charge in [0.15, 0.2) is 0 Å². The maximum atomic E-state index is 13.2. The van der Waals surface area contributed by atoms with Gasteiger partial charge in [0.25, 0.3) is 0 Å². The third-order valence-corrected chi connectivity index (χ3v) is 1.67. The van der Waals surface area contributed by atoms with E-state index >= 15 is 0 Å². The predicted molar refractivity (Wildman–Crippen MR) is 57.2 cm³/mol. The molecule has 0 N–H and O–H groups in total. The molecule has 0 nitrogen and oxygen atoms in total. The molecule has 0 aromatic carbocycles. The van der Waals surface area contributed by atoms with E-state index in [1.165, 1.54) is 6.08 Å². The molecular weight excluding hydrogens is 163 g/mol. The van der Waals surface area contributed by atoms with Crippen LogP contribution in [0.2, 0.25) is 0 Å². The first-order valence-corrected chi connectivity index (χ1v) is 4.22. The van der Waals surface area contributed by atoms with E-state index in [0.29, 0.717) is 5.57 Å². The van der Waals surface area contributed by atoms with Crippen LogP contribution in [0.5, 0.6) is 0 Å². The van der Waals surface area contributed by atoms with Gasteiger partial charge >= 0.3 is 0 Å². The molecule has 1 heteroatoms. The Bertz CT molecular complexity index is 270. The normalized spacial score (nSPS) is 9.00. The minimum atomic E-state index is -0.207. The molecule has 13 heavy (non-hydrogen) atoms. The van der Waals surface area contributed by atoms with E-state index in [1.54, 1.807) is 13.8 Å². The fraction of sp³-hybridized carbons (Fsp3) is 0.333. The molecule has 0 radical (unpaired) electrons. The average molecular weight is 180 g/mol. The van der Waals surface area contributed by atoms with E-state index in [0.717, 1.165) is 16.7 Å². The van der Waals surface area contributed by atoms with Gasteiger partial charge < -0.3 is 0 Å². The summed E-state index contributed by atoms with van der Waals surface area (Å²) in [7, 11) is 0. The van der Waals surface area contributed by atoms with Crippen molar-refractivity contribution in [2.75, 3.05) is 0 Å². The van der Waals surface area contributed by atoms with E-state index in [1.807, 2.05) is 13.8 Å². The van der Waals surface area contributed by atoms with Gasteiger partial charge in [-0.05, 0) is 44.9 Å². The van der Waals surface area contributed by atoms with Gasteiger partial charge in [0.05, 0.1) is 0 Å². The molecule has 0 aromatic heterocycles. The van der Waals surface area contributed by atoms with Crippen molar-refractivity contribution in [1.29, 1.82) is 0 Å². The summed E-state index contributed by atoms with van der Waals surface area (Å²) >= 11 is 0. The summed E-state index contributed by atoms with van der Waals surface area (Å²) < 4.78 is 13.2. The molecule has 0 aliphatic heterocycles. The second-order valence-corrected chi connectivity index (χ2v) is 3.47. The lowest BCUT2D eigenvalue weighted by Crippen LogP contribution is -1.86. The van der Waals surface area contributed by atoms with Gasteiger partial charge in [-0.2, -0.15) is 0 Å². The highest BCUT2D eigenvalue weighted by atomic mass is 19.1. The van der Waals surface area contributed by atoms with Crippen LogP contribution < -0.4 is 0 Å². The summed E-state index contributed by atoms with van der Waals surface area (Å²) in [4.78, 5) is 0. The fourth-order valence-corrected chi connectivity index (χ4v) is 0.882. The molecule has 0 amide bonds. The highest BCUT2D eigenvalue weighted by molar-refractivity contribution is 5.45. The topological polar surface area (TPSA) is 0 Å². The van der Waals surface area contributed by atoms with Crippen molar-refractivity contribution < 1.29 is 4.39 Å². The minimum absolute atomic E-state index is 0.207. The van der Waals surface area contributed by atoms with E-state index < -0.39 is 0 Å². The predicted octanol–water partition coefficient (Wildman–Crippen LogP) is 4.33. The van der Waals surface area contributed by atoms with E-state index in [4.69, 9.17) is 0 Å². The smallest absolute Gasteiger partial charge is 0.122 e. The lowest BCUT2D eigenvalue weighted by Gasteiger charge is -2.05. The van der Waals surface area contributed by atoms with Crippen LogP contribution in [0.25, 0.3) is 0 Å². The monoisotopic (exact) mass is 180 g/mol. The summed E-state index contributed by atoms with van der Waals surface area (Å²) in [6.07, 6.45) is 1.49. The van der Waals surface area contributed by atoms with Gasteiger partial charge in [0.2, 0.25) is 0 Å². The van der Waals surface area contributed by atoms with Crippen molar-refractivity contribution >= 4 is 0 Å². The van der Waals surface area contributed by atoms with Crippen molar-refractivity contribution in [1.82, 2.24) is 0 Å². The summed E-state index contributed by atoms with van der Waals surface area (Å²) in [6.45, 7) is 14.7. The average Bonchev–Trinajstić information content (AvgIpc) is 1.97. The Morgan fingerprint density at radius 2 is 1.38 bits per heavy atom. The maximum Gasteiger partial charge on any atom is 0.122 e. The Labute approximate surface area is 80.2 Å². The van der Waals surface area contributed by atoms with Gasteiger partial charge in [-0.1, -0.05) is 24.3 Å². The van der Waals surface area contributed by atoms with Gasteiger partial charge in [-0.15, -0.1) is 0 Å². The van der Waals surface area contributed by atoms with Gasteiger partial charge in [0.1, 0.15) is 5.83 Å². The van der Waals surface area contributed by atoms with Crippen LogP contribution in [0.4, 0.5) is 4.39 Å². The fourth-order valence-electron chi connectivity index (χ4n) is 0.882.